The van der Waals surface area contributed by atoms with E-state index >= 15 is 0 Å². The second-order valence-electron chi connectivity index (χ2n) is 5.28. The van der Waals surface area contributed by atoms with Crippen molar-refractivity contribution in [3.63, 3.8) is 0 Å². The van der Waals surface area contributed by atoms with Gasteiger partial charge in [0, 0.05) is 19.1 Å². The number of hydrogen-bond donors (Lipinski definition) is 3. The van der Waals surface area contributed by atoms with Crippen LogP contribution in [0.25, 0.3) is 0 Å². The molecule has 1 atom stereocenters. The largest absolute Gasteiger partial charge is 0.394 e. The summed E-state index contributed by atoms with van der Waals surface area (Å²) in [4.78, 5) is 2.47. The first-order valence-electron chi connectivity index (χ1n) is 7.06. The van der Waals surface area contributed by atoms with E-state index < -0.39 is 6.10 Å². The van der Waals surface area contributed by atoms with Gasteiger partial charge in [0.1, 0.15) is 0 Å². The molecule has 4 nitrogen and oxygen atoms in total. The van der Waals surface area contributed by atoms with Gasteiger partial charge in [0.05, 0.1) is 12.7 Å². The van der Waals surface area contributed by atoms with Crippen LogP contribution < -0.4 is 5.32 Å². The Morgan fingerprint density at radius 1 is 1.21 bits per heavy atom. The summed E-state index contributed by atoms with van der Waals surface area (Å²) in [6, 6.07) is 11.0. The molecule has 4 heteroatoms. The van der Waals surface area contributed by atoms with E-state index in [4.69, 9.17) is 5.11 Å². The molecule has 0 bridgehead atoms. The molecule has 1 aromatic carbocycles. The highest BCUT2D eigenvalue weighted by atomic mass is 16.3. The predicted octanol–water partition coefficient (Wildman–Crippen LogP) is 0.594. The number of nitrogens with one attached hydrogen (secondary N) is 1. The molecule has 2 rings (SSSR count). The summed E-state index contributed by atoms with van der Waals surface area (Å²) in [7, 11) is 0. The SMILES string of the molecule is OCC(O)CNC1CCN(Cc2ccccc2)CC1. The summed E-state index contributed by atoms with van der Waals surface area (Å²) >= 11 is 0. The minimum atomic E-state index is -0.637. The van der Waals surface area contributed by atoms with Crippen molar-refractivity contribution in [1.82, 2.24) is 10.2 Å². The van der Waals surface area contributed by atoms with Gasteiger partial charge in [-0.25, -0.2) is 0 Å². The van der Waals surface area contributed by atoms with Crippen molar-refractivity contribution < 1.29 is 10.2 Å². The van der Waals surface area contributed by atoms with Crippen LogP contribution in [0.3, 0.4) is 0 Å². The van der Waals surface area contributed by atoms with E-state index in [0.717, 1.165) is 32.5 Å². The van der Waals surface area contributed by atoms with Crippen LogP contribution in [-0.4, -0.2) is 53.5 Å². The van der Waals surface area contributed by atoms with Gasteiger partial charge in [-0.15, -0.1) is 0 Å². The Hall–Kier alpha value is -0.940. The number of hydrogen-bond acceptors (Lipinski definition) is 4. The normalized spacial score (nSPS) is 19.5. The highest BCUT2D eigenvalue weighted by Gasteiger charge is 2.19. The van der Waals surface area contributed by atoms with E-state index in [9.17, 15) is 5.11 Å². The van der Waals surface area contributed by atoms with E-state index in [1.54, 1.807) is 0 Å². The molecule has 0 aromatic heterocycles. The highest BCUT2D eigenvalue weighted by molar-refractivity contribution is 5.14. The molecule has 1 heterocycles. The number of piperidine rings is 1. The molecule has 1 saturated heterocycles. The van der Waals surface area contributed by atoms with Crippen molar-refractivity contribution in [3.8, 4) is 0 Å². The third-order valence-corrected chi connectivity index (χ3v) is 3.69. The topological polar surface area (TPSA) is 55.7 Å². The average molecular weight is 264 g/mol. The second-order valence-corrected chi connectivity index (χ2v) is 5.28. The molecule has 1 fully saturated rings. The number of rotatable bonds is 6. The van der Waals surface area contributed by atoms with Crippen LogP contribution in [0.4, 0.5) is 0 Å². The summed E-state index contributed by atoms with van der Waals surface area (Å²) in [5.74, 6) is 0. The number of benzene rings is 1. The van der Waals surface area contributed by atoms with E-state index in [0.29, 0.717) is 12.6 Å². The van der Waals surface area contributed by atoms with Crippen molar-refractivity contribution in [3.05, 3.63) is 35.9 Å². The van der Waals surface area contributed by atoms with Crippen molar-refractivity contribution in [2.45, 2.75) is 31.5 Å². The third kappa shape index (κ3) is 4.91. The molecule has 0 spiro atoms. The molecule has 1 aromatic rings. The molecule has 3 N–H and O–H groups in total. The lowest BCUT2D eigenvalue weighted by molar-refractivity contribution is 0.0874. The fraction of sp³-hybridized carbons (Fsp3) is 0.600. The maximum atomic E-state index is 9.31. The van der Waals surface area contributed by atoms with Crippen molar-refractivity contribution in [2.24, 2.45) is 0 Å². The first kappa shape index (κ1) is 14.5. The van der Waals surface area contributed by atoms with Gasteiger partial charge < -0.3 is 15.5 Å². The Morgan fingerprint density at radius 3 is 2.53 bits per heavy atom. The summed E-state index contributed by atoms with van der Waals surface area (Å²) in [6.45, 7) is 3.51. The van der Waals surface area contributed by atoms with Gasteiger partial charge >= 0.3 is 0 Å². The van der Waals surface area contributed by atoms with E-state index in [-0.39, 0.29) is 6.61 Å². The molecule has 1 aliphatic rings. The Morgan fingerprint density at radius 2 is 1.89 bits per heavy atom. The van der Waals surface area contributed by atoms with Gasteiger partial charge in [0.2, 0.25) is 0 Å². The minimum absolute atomic E-state index is 0.167. The molecule has 19 heavy (non-hydrogen) atoms. The Balaban J connectivity index is 1.68. The zero-order valence-corrected chi connectivity index (χ0v) is 11.3. The van der Waals surface area contributed by atoms with Crippen LogP contribution in [0.2, 0.25) is 0 Å². The molecule has 0 aliphatic carbocycles. The third-order valence-electron chi connectivity index (χ3n) is 3.69. The monoisotopic (exact) mass is 264 g/mol. The Kier molecular flexibility index (Phi) is 5.79. The van der Waals surface area contributed by atoms with Gasteiger partial charge in [-0.05, 0) is 31.5 Å². The first-order valence-corrected chi connectivity index (χ1v) is 7.06. The molecular weight excluding hydrogens is 240 g/mol. The van der Waals surface area contributed by atoms with Crippen LogP contribution in [0.5, 0.6) is 0 Å². The number of likely N-dealkylation sites (tertiary alicyclic amines) is 1. The van der Waals surface area contributed by atoms with Crippen LogP contribution in [0.15, 0.2) is 30.3 Å². The molecule has 1 unspecified atom stereocenters. The van der Waals surface area contributed by atoms with Crippen molar-refractivity contribution in [1.29, 1.82) is 0 Å². The van der Waals surface area contributed by atoms with Gasteiger partial charge in [0.25, 0.3) is 0 Å². The summed E-state index contributed by atoms with van der Waals surface area (Å²) in [5.41, 5.74) is 1.37. The van der Waals surface area contributed by atoms with Gasteiger partial charge in [-0.2, -0.15) is 0 Å². The smallest absolute Gasteiger partial charge is 0.0895 e. The standard InChI is InChI=1S/C15H24N2O2/c18-12-15(19)10-16-14-6-8-17(9-7-14)11-13-4-2-1-3-5-13/h1-5,14-16,18-19H,6-12H2. The summed E-state index contributed by atoms with van der Waals surface area (Å²) in [6.07, 6.45) is 1.57. The van der Waals surface area contributed by atoms with Gasteiger partial charge in [-0.1, -0.05) is 30.3 Å². The number of aliphatic hydroxyl groups excluding tert-OH is 2. The van der Waals surface area contributed by atoms with Crippen molar-refractivity contribution >= 4 is 0 Å². The van der Waals surface area contributed by atoms with Crippen molar-refractivity contribution in [2.75, 3.05) is 26.2 Å². The molecule has 0 saturated carbocycles. The molecule has 1 aliphatic heterocycles. The van der Waals surface area contributed by atoms with Crippen LogP contribution in [0.1, 0.15) is 18.4 Å². The zero-order chi connectivity index (χ0) is 13.5. The van der Waals surface area contributed by atoms with Gasteiger partial charge in [0.15, 0.2) is 0 Å². The molecule has 0 amide bonds. The summed E-state index contributed by atoms with van der Waals surface area (Å²) in [5, 5.41) is 21.4. The number of nitrogens with zero attached hydrogens (tertiary/aromatic N) is 1. The van der Waals surface area contributed by atoms with Crippen LogP contribution >= 0.6 is 0 Å². The Labute approximate surface area is 115 Å². The van der Waals surface area contributed by atoms with Crippen LogP contribution in [0, 0.1) is 0 Å². The lowest BCUT2D eigenvalue weighted by atomic mass is 10.0. The van der Waals surface area contributed by atoms with E-state index in [2.05, 4.69) is 34.5 Å². The molecular formula is C15H24N2O2. The van der Waals surface area contributed by atoms with E-state index in [1.165, 1.54) is 5.56 Å². The maximum Gasteiger partial charge on any atom is 0.0895 e. The fourth-order valence-electron chi connectivity index (χ4n) is 2.50. The van der Waals surface area contributed by atoms with Crippen LogP contribution in [-0.2, 0) is 6.54 Å². The quantitative estimate of drug-likeness (QED) is 0.704. The average Bonchev–Trinajstić information content (AvgIpc) is 2.47. The maximum absolute atomic E-state index is 9.31. The van der Waals surface area contributed by atoms with Gasteiger partial charge in [-0.3, -0.25) is 4.90 Å². The fourth-order valence-corrected chi connectivity index (χ4v) is 2.50. The van der Waals surface area contributed by atoms with E-state index in [1.807, 2.05) is 6.07 Å². The minimum Gasteiger partial charge on any atom is -0.394 e. The number of aliphatic hydroxyl groups is 2. The second kappa shape index (κ2) is 7.60. The first-order chi connectivity index (χ1) is 9.28. The summed E-state index contributed by atoms with van der Waals surface area (Å²) < 4.78 is 0. The molecule has 106 valence electrons. The highest BCUT2D eigenvalue weighted by Crippen LogP contribution is 2.13. The predicted molar refractivity (Wildman–Crippen MR) is 75.8 cm³/mol. The Bertz CT molecular complexity index is 350. The lowest BCUT2D eigenvalue weighted by Gasteiger charge is -2.32. The lowest BCUT2D eigenvalue weighted by Crippen LogP contribution is -2.44. The zero-order valence-electron chi connectivity index (χ0n) is 11.3. The molecule has 0 radical (unpaired) electrons.